The van der Waals surface area contributed by atoms with Crippen molar-refractivity contribution in [1.82, 2.24) is 15.2 Å². The average Bonchev–Trinajstić information content (AvgIpc) is 3.15. The number of aromatic nitrogens is 1. The van der Waals surface area contributed by atoms with Crippen LogP contribution in [-0.2, 0) is 6.54 Å². The highest BCUT2D eigenvalue weighted by atomic mass is 19.1. The van der Waals surface area contributed by atoms with Crippen LogP contribution in [0.15, 0.2) is 42.7 Å². The highest BCUT2D eigenvalue weighted by Gasteiger charge is 2.11. The molecule has 1 aromatic heterocycles. The fraction of sp³-hybridized carbons (Fsp3) is 0.368. The molecule has 1 saturated heterocycles. The monoisotopic (exact) mass is 343 g/mol. The third-order valence-electron chi connectivity index (χ3n) is 4.27. The van der Waals surface area contributed by atoms with Crippen LogP contribution in [0.25, 0.3) is 0 Å². The van der Waals surface area contributed by atoms with Gasteiger partial charge in [0.1, 0.15) is 12.4 Å². The molecule has 0 aliphatic carbocycles. The number of carbonyl (C=O) groups excluding carboxylic acids is 1. The standard InChI is InChI=1S/C19H22FN3O2/c20-18-14-21-8-7-17(18)19(24)22-13-15-3-5-16(6-4-15)25-12-11-23-9-1-2-10-23/h3-8,14H,1-2,9-13H2,(H,22,24). The number of likely N-dealkylation sites (tertiary alicyclic amines) is 1. The molecule has 0 bridgehead atoms. The van der Waals surface area contributed by atoms with E-state index in [0.717, 1.165) is 24.1 Å². The number of amides is 1. The topological polar surface area (TPSA) is 54.5 Å². The Morgan fingerprint density at radius 2 is 1.96 bits per heavy atom. The molecule has 0 radical (unpaired) electrons. The minimum atomic E-state index is -0.623. The van der Waals surface area contributed by atoms with Crippen molar-refractivity contribution in [2.45, 2.75) is 19.4 Å². The number of hydrogen-bond acceptors (Lipinski definition) is 4. The van der Waals surface area contributed by atoms with E-state index in [2.05, 4.69) is 15.2 Å². The second-order valence-corrected chi connectivity index (χ2v) is 6.08. The summed E-state index contributed by atoms with van der Waals surface area (Å²) in [6.07, 6.45) is 4.99. The number of benzene rings is 1. The quantitative estimate of drug-likeness (QED) is 0.840. The SMILES string of the molecule is O=C(NCc1ccc(OCCN2CCCC2)cc1)c1ccncc1F. The molecule has 1 fully saturated rings. The number of carbonyl (C=O) groups is 1. The van der Waals surface area contributed by atoms with Crippen molar-refractivity contribution in [1.29, 1.82) is 0 Å². The Kier molecular flexibility index (Phi) is 5.95. The maximum Gasteiger partial charge on any atom is 0.254 e. The third kappa shape index (κ3) is 5.00. The Bertz CT molecular complexity index is 700. The van der Waals surface area contributed by atoms with Gasteiger partial charge in [-0.25, -0.2) is 4.39 Å². The Hall–Kier alpha value is -2.47. The van der Waals surface area contributed by atoms with E-state index in [1.54, 1.807) is 0 Å². The van der Waals surface area contributed by atoms with Crippen LogP contribution >= 0.6 is 0 Å². The van der Waals surface area contributed by atoms with Crippen LogP contribution in [0.2, 0.25) is 0 Å². The summed E-state index contributed by atoms with van der Waals surface area (Å²) in [5.74, 6) is -0.262. The molecule has 1 aromatic carbocycles. The summed E-state index contributed by atoms with van der Waals surface area (Å²) < 4.78 is 19.3. The van der Waals surface area contributed by atoms with Crippen LogP contribution in [0.4, 0.5) is 4.39 Å². The van der Waals surface area contributed by atoms with E-state index in [-0.39, 0.29) is 5.56 Å². The number of ether oxygens (including phenoxy) is 1. The number of pyridine rings is 1. The third-order valence-corrected chi connectivity index (χ3v) is 4.27. The molecular formula is C19H22FN3O2. The zero-order valence-corrected chi connectivity index (χ0v) is 14.1. The maximum atomic E-state index is 13.5. The molecule has 6 heteroatoms. The lowest BCUT2D eigenvalue weighted by molar-refractivity contribution is 0.0946. The van der Waals surface area contributed by atoms with Crippen LogP contribution in [0.1, 0.15) is 28.8 Å². The average molecular weight is 343 g/mol. The first-order chi connectivity index (χ1) is 12.2. The Labute approximate surface area is 146 Å². The zero-order chi connectivity index (χ0) is 17.5. The molecule has 0 atom stereocenters. The largest absolute Gasteiger partial charge is 0.492 e. The minimum absolute atomic E-state index is 0.00290. The van der Waals surface area contributed by atoms with Crippen LogP contribution in [-0.4, -0.2) is 42.0 Å². The van der Waals surface area contributed by atoms with E-state index in [9.17, 15) is 9.18 Å². The molecule has 1 amide bonds. The van der Waals surface area contributed by atoms with Gasteiger partial charge in [0, 0.05) is 19.3 Å². The van der Waals surface area contributed by atoms with Gasteiger partial charge < -0.3 is 10.1 Å². The summed E-state index contributed by atoms with van der Waals surface area (Å²) in [5.41, 5.74) is 0.923. The normalized spacial score (nSPS) is 14.4. The fourth-order valence-corrected chi connectivity index (χ4v) is 2.84. The number of rotatable bonds is 7. The van der Waals surface area contributed by atoms with Crippen LogP contribution in [0.3, 0.4) is 0 Å². The zero-order valence-electron chi connectivity index (χ0n) is 14.1. The summed E-state index contributed by atoms with van der Waals surface area (Å²) >= 11 is 0. The lowest BCUT2D eigenvalue weighted by Gasteiger charge is -2.15. The van der Waals surface area contributed by atoms with Crippen molar-refractivity contribution < 1.29 is 13.9 Å². The van der Waals surface area contributed by atoms with E-state index in [4.69, 9.17) is 4.74 Å². The van der Waals surface area contributed by atoms with Gasteiger partial charge in [-0.15, -0.1) is 0 Å². The molecule has 0 unspecified atom stereocenters. The highest BCUT2D eigenvalue weighted by molar-refractivity contribution is 5.94. The van der Waals surface area contributed by atoms with Crippen molar-refractivity contribution in [3.63, 3.8) is 0 Å². The molecule has 1 N–H and O–H groups in total. The first-order valence-corrected chi connectivity index (χ1v) is 8.54. The van der Waals surface area contributed by atoms with Crippen LogP contribution < -0.4 is 10.1 Å². The first kappa shape index (κ1) is 17.4. The van der Waals surface area contributed by atoms with Gasteiger partial charge in [-0.3, -0.25) is 14.7 Å². The van der Waals surface area contributed by atoms with Gasteiger partial charge >= 0.3 is 0 Å². The second-order valence-electron chi connectivity index (χ2n) is 6.08. The van der Waals surface area contributed by atoms with Gasteiger partial charge in [0.05, 0.1) is 11.8 Å². The lowest BCUT2D eigenvalue weighted by atomic mass is 10.2. The molecule has 132 valence electrons. The molecule has 25 heavy (non-hydrogen) atoms. The molecule has 2 heterocycles. The van der Waals surface area contributed by atoms with Crippen molar-refractivity contribution in [2.24, 2.45) is 0 Å². The van der Waals surface area contributed by atoms with E-state index in [1.807, 2.05) is 24.3 Å². The van der Waals surface area contributed by atoms with Gasteiger partial charge in [0.25, 0.3) is 5.91 Å². The maximum absolute atomic E-state index is 13.5. The molecule has 0 spiro atoms. The molecule has 5 nitrogen and oxygen atoms in total. The van der Waals surface area contributed by atoms with Gasteiger partial charge in [0.2, 0.25) is 0 Å². The number of nitrogens with zero attached hydrogens (tertiary/aromatic N) is 2. The number of halogens is 1. The first-order valence-electron chi connectivity index (χ1n) is 8.54. The van der Waals surface area contributed by atoms with E-state index in [1.165, 1.54) is 38.2 Å². The van der Waals surface area contributed by atoms with Crippen molar-refractivity contribution in [3.05, 3.63) is 59.7 Å². The smallest absolute Gasteiger partial charge is 0.254 e. The highest BCUT2D eigenvalue weighted by Crippen LogP contribution is 2.13. The Morgan fingerprint density at radius 3 is 2.68 bits per heavy atom. The summed E-state index contributed by atoms with van der Waals surface area (Å²) in [7, 11) is 0. The van der Waals surface area contributed by atoms with Gasteiger partial charge in [-0.1, -0.05) is 12.1 Å². The Morgan fingerprint density at radius 1 is 1.20 bits per heavy atom. The fourth-order valence-electron chi connectivity index (χ4n) is 2.84. The number of nitrogens with one attached hydrogen (secondary N) is 1. The van der Waals surface area contributed by atoms with Crippen molar-refractivity contribution in [2.75, 3.05) is 26.2 Å². The minimum Gasteiger partial charge on any atom is -0.492 e. The second kappa shape index (κ2) is 8.58. The summed E-state index contributed by atoms with van der Waals surface area (Å²) in [5, 5.41) is 2.70. The van der Waals surface area contributed by atoms with Gasteiger partial charge in [0.15, 0.2) is 5.82 Å². The summed E-state index contributed by atoms with van der Waals surface area (Å²) in [6, 6.07) is 8.93. The van der Waals surface area contributed by atoms with E-state index in [0.29, 0.717) is 13.2 Å². The molecule has 2 aromatic rings. The Balaban J connectivity index is 1.44. The van der Waals surface area contributed by atoms with E-state index < -0.39 is 11.7 Å². The number of hydrogen-bond donors (Lipinski definition) is 1. The van der Waals surface area contributed by atoms with Crippen molar-refractivity contribution in [3.8, 4) is 5.75 Å². The molecular weight excluding hydrogens is 321 g/mol. The molecule has 3 rings (SSSR count). The van der Waals surface area contributed by atoms with Gasteiger partial charge in [-0.2, -0.15) is 0 Å². The van der Waals surface area contributed by atoms with Crippen LogP contribution in [0, 0.1) is 5.82 Å². The molecule has 1 aliphatic heterocycles. The molecule has 0 saturated carbocycles. The van der Waals surface area contributed by atoms with E-state index >= 15 is 0 Å². The summed E-state index contributed by atoms with van der Waals surface area (Å²) in [6.45, 7) is 4.29. The predicted octanol–water partition coefficient (Wildman–Crippen LogP) is 2.63. The summed E-state index contributed by atoms with van der Waals surface area (Å²) in [4.78, 5) is 18.0. The van der Waals surface area contributed by atoms with Gasteiger partial charge in [-0.05, 0) is 49.7 Å². The van der Waals surface area contributed by atoms with Crippen molar-refractivity contribution >= 4 is 5.91 Å². The van der Waals surface area contributed by atoms with Crippen LogP contribution in [0.5, 0.6) is 5.75 Å². The predicted molar refractivity (Wildman–Crippen MR) is 93.0 cm³/mol. The molecule has 1 aliphatic rings. The lowest BCUT2D eigenvalue weighted by Crippen LogP contribution is -2.25.